The average Bonchev–Trinajstić information content (AvgIpc) is 3.62. The molecule has 0 atom stereocenters. The van der Waals surface area contributed by atoms with Crippen LogP contribution >= 0.6 is 0 Å². The van der Waals surface area contributed by atoms with Crippen LogP contribution in [0.2, 0.25) is 0 Å². The quantitative estimate of drug-likeness (QED) is 0.617. The smallest absolute Gasteiger partial charge is 0.253 e. The number of para-hydroxylation sites is 1. The minimum absolute atomic E-state index is 0.00875. The molecule has 1 heterocycles. The van der Waals surface area contributed by atoms with Crippen molar-refractivity contribution in [2.45, 2.75) is 23.8 Å². The van der Waals surface area contributed by atoms with Crippen molar-refractivity contribution >= 4 is 15.9 Å². The van der Waals surface area contributed by atoms with Crippen LogP contribution in [0.25, 0.3) is 0 Å². The van der Waals surface area contributed by atoms with E-state index in [0.717, 1.165) is 38.2 Å². The van der Waals surface area contributed by atoms with Crippen LogP contribution in [0.3, 0.4) is 0 Å². The Morgan fingerprint density at radius 2 is 1.78 bits per heavy atom. The van der Waals surface area contributed by atoms with Gasteiger partial charge in [-0.15, -0.1) is 0 Å². The first kappa shape index (κ1) is 22.6. The number of carbonyl (C=O) groups excluding carboxylic acids is 1. The molecule has 0 unspecified atom stereocenters. The average molecular weight is 460 g/mol. The number of nitrogens with zero attached hydrogens (tertiary/aromatic N) is 2. The molecular weight excluding hydrogens is 430 g/mol. The Hall–Kier alpha value is -2.62. The van der Waals surface area contributed by atoms with Gasteiger partial charge in [0.2, 0.25) is 10.0 Å². The molecule has 2 aromatic carbocycles. The molecule has 2 aliphatic rings. The van der Waals surface area contributed by atoms with Gasteiger partial charge in [-0.25, -0.2) is 13.1 Å². The first-order chi connectivity index (χ1) is 15.5. The minimum atomic E-state index is -3.74. The lowest BCUT2D eigenvalue weighted by Gasteiger charge is -2.34. The fourth-order valence-corrected chi connectivity index (χ4v) is 5.17. The number of rotatable bonds is 9. The molecule has 1 amide bonds. The summed E-state index contributed by atoms with van der Waals surface area (Å²) in [4.78, 5) is 17.1. The number of hydrogen-bond acceptors (Lipinski definition) is 6. The summed E-state index contributed by atoms with van der Waals surface area (Å²) in [5, 5.41) is 0. The summed E-state index contributed by atoms with van der Waals surface area (Å²) in [6.45, 7) is 4.03. The molecule has 0 bridgehead atoms. The highest BCUT2D eigenvalue weighted by Gasteiger charge is 2.31. The molecule has 1 saturated carbocycles. The standard InChI is InChI=1S/C23H29N3O5S/c1-30-21-10-7-18(17-22(21)32(28,29)24-19-8-9-19)23(27)26-13-11-25(12-14-26)15-16-31-20-5-3-2-4-6-20/h2-7,10,17,19,24H,8-9,11-16H2,1H3. The molecule has 1 saturated heterocycles. The molecule has 32 heavy (non-hydrogen) atoms. The van der Waals surface area contributed by atoms with Gasteiger partial charge in [0.1, 0.15) is 23.0 Å². The number of methoxy groups -OCH3 is 1. The van der Waals surface area contributed by atoms with Crippen molar-refractivity contribution < 1.29 is 22.7 Å². The van der Waals surface area contributed by atoms with E-state index in [1.165, 1.54) is 13.2 Å². The SMILES string of the molecule is COc1ccc(C(=O)N2CCN(CCOc3ccccc3)CC2)cc1S(=O)(=O)NC1CC1. The normalized spacial score (nSPS) is 17.2. The first-order valence-electron chi connectivity index (χ1n) is 10.9. The van der Waals surface area contributed by atoms with Gasteiger partial charge in [-0.1, -0.05) is 18.2 Å². The number of sulfonamides is 1. The maximum absolute atomic E-state index is 13.0. The second-order valence-electron chi connectivity index (χ2n) is 8.06. The lowest BCUT2D eigenvalue weighted by atomic mass is 10.1. The van der Waals surface area contributed by atoms with E-state index in [0.29, 0.717) is 25.3 Å². The summed E-state index contributed by atoms with van der Waals surface area (Å²) in [6.07, 6.45) is 1.67. The molecule has 1 N–H and O–H groups in total. The monoisotopic (exact) mass is 459 g/mol. The topological polar surface area (TPSA) is 88.2 Å². The highest BCUT2D eigenvalue weighted by atomic mass is 32.2. The van der Waals surface area contributed by atoms with Crippen molar-refractivity contribution in [3.8, 4) is 11.5 Å². The van der Waals surface area contributed by atoms with E-state index < -0.39 is 10.0 Å². The molecular formula is C23H29N3O5S. The van der Waals surface area contributed by atoms with Gasteiger partial charge in [0, 0.05) is 44.3 Å². The lowest BCUT2D eigenvalue weighted by Crippen LogP contribution is -2.49. The van der Waals surface area contributed by atoms with Gasteiger partial charge in [0.15, 0.2) is 0 Å². The summed E-state index contributed by atoms with van der Waals surface area (Å²) in [6, 6.07) is 14.3. The van der Waals surface area contributed by atoms with Crippen LogP contribution in [0.15, 0.2) is 53.4 Å². The highest BCUT2D eigenvalue weighted by molar-refractivity contribution is 7.89. The fraction of sp³-hybridized carbons (Fsp3) is 0.435. The fourth-order valence-electron chi connectivity index (χ4n) is 3.67. The van der Waals surface area contributed by atoms with Gasteiger partial charge >= 0.3 is 0 Å². The van der Waals surface area contributed by atoms with Gasteiger partial charge in [0.25, 0.3) is 5.91 Å². The number of ether oxygens (including phenoxy) is 2. The Morgan fingerprint density at radius 1 is 1.06 bits per heavy atom. The van der Waals surface area contributed by atoms with E-state index in [4.69, 9.17) is 9.47 Å². The van der Waals surface area contributed by atoms with Crippen LogP contribution in [-0.2, 0) is 10.0 Å². The summed E-state index contributed by atoms with van der Waals surface area (Å²) < 4.78 is 39.1. The predicted octanol–water partition coefficient (Wildman–Crippen LogP) is 1.97. The number of piperazine rings is 1. The molecule has 4 rings (SSSR count). The van der Waals surface area contributed by atoms with Gasteiger partial charge in [-0.3, -0.25) is 9.69 Å². The zero-order valence-electron chi connectivity index (χ0n) is 18.2. The Labute approximate surface area is 189 Å². The molecule has 0 aromatic heterocycles. The number of benzene rings is 2. The molecule has 1 aliphatic carbocycles. The van der Waals surface area contributed by atoms with E-state index in [9.17, 15) is 13.2 Å². The second-order valence-corrected chi connectivity index (χ2v) is 9.74. The van der Waals surface area contributed by atoms with Crippen LogP contribution in [-0.4, -0.2) is 76.6 Å². The summed E-state index contributed by atoms with van der Waals surface area (Å²) >= 11 is 0. The van der Waals surface area contributed by atoms with Crippen molar-refractivity contribution in [3.05, 3.63) is 54.1 Å². The second kappa shape index (κ2) is 9.89. The van der Waals surface area contributed by atoms with Gasteiger partial charge in [0.05, 0.1) is 7.11 Å². The van der Waals surface area contributed by atoms with Crippen molar-refractivity contribution in [3.63, 3.8) is 0 Å². The number of carbonyl (C=O) groups is 1. The summed E-state index contributed by atoms with van der Waals surface area (Å²) in [7, 11) is -2.31. The van der Waals surface area contributed by atoms with Crippen molar-refractivity contribution in [2.75, 3.05) is 46.4 Å². The number of nitrogens with one attached hydrogen (secondary N) is 1. The molecule has 0 radical (unpaired) electrons. The van der Waals surface area contributed by atoms with Crippen LogP contribution in [0.5, 0.6) is 11.5 Å². The van der Waals surface area contributed by atoms with E-state index in [1.807, 2.05) is 30.3 Å². The Balaban J connectivity index is 1.34. The van der Waals surface area contributed by atoms with E-state index in [1.54, 1.807) is 17.0 Å². The highest BCUT2D eigenvalue weighted by Crippen LogP contribution is 2.28. The van der Waals surface area contributed by atoms with Crippen LogP contribution < -0.4 is 14.2 Å². The molecule has 9 heteroatoms. The zero-order valence-corrected chi connectivity index (χ0v) is 19.0. The zero-order chi connectivity index (χ0) is 22.6. The minimum Gasteiger partial charge on any atom is -0.495 e. The van der Waals surface area contributed by atoms with Crippen molar-refractivity contribution in [2.24, 2.45) is 0 Å². The molecule has 1 aliphatic heterocycles. The summed E-state index contributed by atoms with van der Waals surface area (Å²) in [5.74, 6) is 0.913. The maximum atomic E-state index is 13.0. The molecule has 0 spiro atoms. The van der Waals surface area contributed by atoms with Crippen LogP contribution in [0.1, 0.15) is 23.2 Å². The lowest BCUT2D eigenvalue weighted by molar-refractivity contribution is 0.0620. The Bertz CT molecular complexity index is 1030. The predicted molar refractivity (Wildman–Crippen MR) is 121 cm³/mol. The molecule has 2 aromatic rings. The Morgan fingerprint density at radius 3 is 2.44 bits per heavy atom. The molecule has 172 valence electrons. The Kier molecular flexibility index (Phi) is 6.98. The van der Waals surface area contributed by atoms with Crippen molar-refractivity contribution in [1.82, 2.24) is 14.5 Å². The third-order valence-corrected chi connectivity index (χ3v) is 7.22. The first-order valence-corrected chi connectivity index (χ1v) is 12.3. The third kappa shape index (κ3) is 5.59. The van der Waals surface area contributed by atoms with Gasteiger partial charge in [-0.2, -0.15) is 0 Å². The van der Waals surface area contributed by atoms with Crippen LogP contribution in [0.4, 0.5) is 0 Å². The molecule has 2 fully saturated rings. The van der Waals surface area contributed by atoms with Crippen LogP contribution in [0, 0.1) is 0 Å². The van der Waals surface area contributed by atoms with E-state index in [2.05, 4.69) is 9.62 Å². The summed E-state index contributed by atoms with van der Waals surface area (Å²) in [5.41, 5.74) is 0.350. The maximum Gasteiger partial charge on any atom is 0.253 e. The molecule has 8 nitrogen and oxygen atoms in total. The van der Waals surface area contributed by atoms with Gasteiger partial charge < -0.3 is 14.4 Å². The number of amides is 1. The largest absolute Gasteiger partial charge is 0.495 e. The van der Waals surface area contributed by atoms with Crippen molar-refractivity contribution in [1.29, 1.82) is 0 Å². The third-order valence-electron chi connectivity index (χ3n) is 5.68. The van der Waals surface area contributed by atoms with Gasteiger partial charge in [-0.05, 0) is 43.2 Å². The number of hydrogen-bond donors (Lipinski definition) is 1. The van der Waals surface area contributed by atoms with E-state index >= 15 is 0 Å². The van der Waals surface area contributed by atoms with E-state index in [-0.39, 0.29) is 22.6 Å².